The molecule has 0 spiro atoms. The van der Waals surface area contributed by atoms with Crippen LogP contribution in [0.1, 0.15) is 67.5 Å². The number of hydrogen-bond acceptors (Lipinski definition) is 7. The highest BCUT2D eigenvalue weighted by molar-refractivity contribution is 7.51. The second kappa shape index (κ2) is 29.9. The lowest BCUT2D eigenvalue weighted by molar-refractivity contribution is -0.0200. The van der Waals surface area contributed by atoms with Gasteiger partial charge in [-0.3, -0.25) is 0 Å². The normalized spacial score (nSPS) is 15.9. The molecule has 0 bridgehead atoms. The molecule has 0 saturated carbocycles. The summed E-state index contributed by atoms with van der Waals surface area (Å²) in [5.74, 6) is 1.00. The molecule has 7 nitrogen and oxygen atoms in total. The third-order valence-electron chi connectivity index (χ3n) is 7.83. The topological polar surface area (TPSA) is 129 Å². The van der Waals surface area contributed by atoms with Crippen molar-refractivity contribution in [3.05, 3.63) is 103 Å². The number of aliphatic hydroxyl groups is 3. The lowest BCUT2D eigenvalue weighted by atomic mass is 9.82. The van der Waals surface area contributed by atoms with Gasteiger partial charge < -0.3 is 15.3 Å². The molecule has 0 heterocycles. The standard InChI is InChI=1S/C17H26O2.C17H24O.2CH4.2O2S/c1-5-12(2)16(18)14(4)17(19)13(3)11-15-9-7-6-8-10-15;1-5-13(2)14(3)15(4)17(18)12-11-16-9-7-6-8-10-16;;;2*1-3-2/h5-10,12-14,16-19H,1,11H2,2-4H3;5-15,17-18H,1H2,2-4H3;2*1H4;;/b;12-11+;;;;/t12-,13-,14-,16-,17-;13-,14-,15-,17-;;;;/m00..../s1. The fourth-order valence-corrected chi connectivity index (χ4v) is 4.40. The van der Waals surface area contributed by atoms with E-state index in [4.69, 9.17) is 16.8 Å². The van der Waals surface area contributed by atoms with E-state index in [1.807, 2.05) is 87.5 Å². The van der Waals surface area contributed by atoms with Crippen LogP contribution in [0.4, 0.5) is 0 Å². The first kappa shape index (κ1) is 49.1. The van der Waals surface area contributed by atoms with Crippen LogP contribution in [0.25, 0.3) is 6.08 Å². The van der Waals surface area contributed by atoms with E-state index in [-0.39, 0.29) is 38.5 Å². The van der Waals surface area contributed by atoms with Crippen molar-refractivity contribution in [2.75, 3.05) is 0 Å². The van der Waals surface area contributed by atoms with Gasteiger partial charge in [-0.15, -0.1) is 13.2 Å². The molecule has 0 fully saturated rings. The highest BCUT2D eigenvalue weighted by Crippen LogP contribution is 2.25. The van der Waals surface area contributed by atoms with E-state index < -0.39 is 41.5 Å². The van der Waals surface area contributed by atoms with Gasteiger partial charge in [0.25, 0.3) is 0 Å². The number of benzene rings is 2. The summed E-state index contributed by atoms with van der Waals surface area (Å²) in [5, 5.41) is 30.7. The van der Waals surface area contributed by atoms with Gasteiger partial charge in [0.2, 0.25) is 0 Å². The molecule has 2 rings (SSSR count). The summed E-state index contributed by atoms with van der Waals surface area (Å²) in [4.78, 5) is 0. The van der Waals surface area contributed by atoms with E-state index in [0.717, 1.165) is 12.0 Å². The van der Waals surface area contributed by atoms with E-state index in [1.54, 1.807) is 6.08 Å². The molecule has 0 aliphatic rings. The Hall–Kier alpha value is -2.82. The van der Waals surface area contributed by atoms with Crippen molar-refractivity contribution >= 4 is 29.2 Å². The van der Waals surface area contributed by atoms with Gasteiger partial charge in [0, 0.05) is 11.8 Å². The summed E-state index contributed by atoms with van der Waals surface area (Å²) < 4.78 is 33.2. The van der Waals surface area contributed by atoms with Crippen LogP contribution < -0.4 is 0 Å². The fraction of sp³-hybridized carbons (Fsp3) is 0.500. The smallest absolute Gasteiger partial charge is 0.335 e. The minimum absolute atomic E-state index is 0. The van der Waals surface area contributed by atoms with Gasteiger partial charge in [-0.25, -0.2) is 0 Å². The SMILES string of the molecule is C.C.C=C[C@H](C)[C@H](C)[C@H](C)[C@@H](O)/C=C/c1ccccc1.C=C[C@H](C)[C@H](O)[C@H](C)[C@@H](O)[C@@H](C)Cc1ccccc1.O=S=O.O=S=O. The fourth-order valence-electron chi connectivity index (χ4n) is 4.40. The molecule has 45 heavy (non-hydrogen) atoms. The molecule has 0 saturated heterocycles. The van der Waals surface area contributed by atoms with Crippen LogP contribution in [0, 0.1) is 35.5 Å². The Bertz CT molecular complexity index is 1090. The second-order valence-corrected chi connectivity index (χ2v) is 11.1. The van der Waals surface area contributed by atoms with E-state index in [0.29, 0.717) is 11.8 Å². The highest BCUT2D eigenvalue weighted by Gasteiger charge is 2.29. The molecule has 9 heteroatoms. The zero-order valence-electron chi connectivity index (χ0n) is 26.2. The molecule has 0 unspecified atom stereocenters. The lowest BCUT2D eigenvalue weighted by Gasteiger charge is -2.30. The van der Waals surface area contributed by atoms with Crippen molar-refractivity contribution in [1.29, 1.82) is 0 Å². The summed E-state index contributed by atoms with van der Waals surface area (Å²) in [5.41, 5.74) is 2.33. The van der Waals surface area contributed by atoms with Crippen molar-refractivity contribution in [1.82, 2.24) is 0 Å². The zero-order valence-corrected chi connectivity index (χ0v) is 27.8. The Labute approximate surface area is 280 Å². The van der Waals surface area contributed by atoms with Crippen LogP contribution in [0.3, 0.4) is 0 Å². The molecule has 2 aromatic carbocycles. The molecule has 0 radical (unpaired) electrons. The molecule has 0 amide bonds. The highest BCUT2D eigenvalue weighted by atomic mass is 32.1. The summed E-state index contributed by atoms with van der Waals surface area (Å²) in [6, 6.07) is 20.2. The lowest BCUT2D eigenvalue weighted by Crippen LogP contribution is -2.37. The molecule has 256 valence electrons. The van der Waals surface area contributed by atoms with Crippen LogP contribution >= 0.6 is 0 Å². The van der Waals surface area contributed by atoms with Crippen LogP contribution in [0.5, 0.6) is 0 Å². The number of aliphatic hydroxyl groups excluding tert-OH is 3. The van der Waals surface area contributed by atoms with Crippen molar-refractivity contribution in [3.8, 4) is 0 Å². The van der Waals surface area contributed by atoms with Gasteiger partial charge in [-0.05, 0) is 41.2 Å². The molecule has 3 N–H and O–H groups in total. The van der Waals surface area contributed by atoms with E-state index >= 15 is 0 Å². The quantitative estimate of drug-likeness (QED) is 0.194. The zero-order chi connectivity index (χ0) is 33.4. The number of rotatable bonds is 13. The first-order valence-electron chi connectivity index (χ1n) is 14.3. The summed E-state index contributed by atoms with van der Waals surface area (Å²) >= 11 is -1.50. The summed E-state index contributed by atoms with van der Waals surface area (Å²) in [6.45, 7) is 19.7. The Morgan fingerprint density at radius 2 is 1.07 bits per heavy atom. The van der Waals surface area contributed by atoms with Gasteiger partial charge in [0.1, 0.15) is 0 Å². The predicted molar refractivity (Wildman–Crippen MR) is 190 cm³/mol. The van der Waals surface area contributed by atoms with Gasteiger partial charge in [-0.2, -0.15) is 16.8 Å². The van der Waals surface area contributed by atoms with Gasteiger partial charge >= 0.3 is 23.1 Å². The largest absolute Gasteiger partial charge is 0.392 e. The van der Waals surface area contributed by atoms with Crippen molar-refractivity contribution in [2.45, 2.75) is 81.1 Å². The number of allylic oxidation sites excluding steroid dienone is 1. The minimum atomic E-state index is -0.750. The maximum Gasteiger partial charge on any atom is 0.335 e. The average Bonchev–Trinajstić information content (AvgIpc) is 3.02. The molecular formula is C36H58O7S2. The van der Waals surface area contributed by atoms with Crippen LogP contribution in [-0.2, 0) is 29.6 Å². The molecular weight excluding hydrogens is 609 g/mol. The van der Waals surface area contributed by atoms with Crippen LogP contribution in [0.2, 0.25) is 0 Å². The Morgan fingerprint density at radius 1 is 0.644 bits per heavy atom. The summed E-state index contributed by atoms with van der Waals surface area (Å²) in [6.07, 6.45) is 6.89. The molecule has 2 aromatic rings. The third-order valence-corrected chi connectivity index (χ3v) is 7.83. The molecule has 9 atom stereocenters. The van der Waals surface area contributed by atoms with Crippen molar-refractivity contribution < 1.29 is 32.2 Å². The third kappa shape index (κ3) is 21.5. The van der Waals surface area contributed by atoms with Crippen molar-refractivity contribution in [3.63, 3.8) is 0 Å². The second-order valence-electron chi connectivity index (χ2n) is 10.8. The Morgan fingerprint density at radius 3 is 1.49 bits per heavy atom. The van der Waals surface area contributed by atoms with Crippen LogP contribution in [0.15, 0.2) is 92.0 Å². The van der Waals surface area contributed by atoms with Gasteiger partial charge in [0.15, 0.2) is 0 Å². The Kier molecular flexibility index (Phi) is 32.6. The van der Waals surface area contributed by atoms with Gasteiger partial charge in [-0.1, -0.05) is 141 Å². The van der Waals surface area contributed by atoms with E-state index in [1.165, 1.54) is 5.56 Å². The molecule has 0 aliphatic heterocycles. The maximum atomic E-state index is 10.4. The molecule has 0 aliphatic carbocycles. The minimum Gasteiger partial charge on any atom is -0.392 e. The van der Waals surface area contributed by atoms with E-state index in [9.17, 15) is 15.3 Å². The maximum absolute atomic E-state index is 10.4. The summed E-state index contributed by atoms with van der Waals surface area (Å²) in [7, 11) is 0. The monoisotopic (exact) mass is 666 g/mol. The first-order chi connectivity index (χ1) is 20.4. The molecule has 0 aromatic heterocycles. The van der Waals surface area contributed by atoms with Crippen LogP contribution in [-0.4, -0.2) is 50.5 Å². The van der Waals surface area contributed by atoms with Crippen molar-refractivity contribution in [2.24, 2.45) is 35.5 Å². The van der Waals surface area contributed by atoms with E-state index in [2.05, 4.69) is 46.1 Å². The first-order valence-corrected chi connectivity index (χ1v) is 15.6. The number of hydrogen-bond donors (Lipinski definition) is 3. The predicted octanol–water partition coefficient (Wildman–Crippen LogP) is 7.13. The Balaban J connectivity index is -0.000000306. The van der Waals surface area contributed by atoms with Gasteiger partial charge in [0.05, 0.1) is 18.3 Å². The average molecular weight is 667 g/mol.